The van der Waals surface area contributed by atoms with E-state index >= 15 is 0 Å². The lowest BCUT2D eigenvalue weighted by atomic mass is 10.3. The molecule has 0 unspecified atom stereocenters. The molecule has 0 radical (unpaired) electrons. The van der Waals surface area contributed by atoms with Gasteiger partial charge in [0, 0.05) is 31.9 Å². The van der Waals surface area contributed by atoms with Crippen LogP contribution in [0.4, 0.5) is 5.82 Å². The van der Waals surface area contributed by atoms with E-state index in [-0.39, 0.29) is 11.5 Å². The lowest BCUT2D eigenvalue weighted by Gasteiger charge is -2.13. The van der Waals surface area contributed by atoms with Gasteiger partial charge in [0.05, 0.1) is 12.3 Å². The summed E-state index contributed by atoms with van der Waals surface area (Å²) in [6, 6.07) is 1.12. The number of aryl methyl sites for hydroxylation is 1. The molecule has 2 rings (SSSR count). The van der Waals surface area contributed by atoms with Crippen LogP contribution < -0.4 is 0 Å². The van der Waals surface area contributed by atoms with Gasteiger partial charge < -0.3 is 15.0 Å². The fourth-order valence-corrected chi connectivity index (χ4v) is 1.72. The molecule has 2 heterocycles. The van der Waals surface area contributed by atoms with Gasteiger partial charge >= 0.3 is 5.82 Å². The number of H-pyrrole nitrogens is 1. The van der Waals surface area contributed by atoms with Gasteiger partial charge in [-0.25, -0.2) is 0 Å². The molecule has 0 aliphatic carbocycles. The lowest BCUT2D eigenvalue weighted by Crippen LogP contribution is -2.26. The number of rotatable bonds is 5. The van der Waals surface area contributed by atoms with E-state index in [0.29, 0.717) is 6.54 Å². The SMILES string of the molecule is CCn1cc(CN(C)C(=O)c2cc([N+](=O)[O-])[nH]n2)cn1. The van der Waals surface area contributed by atoms with E-state index in [0.717, 1.165) is 18.2 Å². The van der Waals surface area contributed by atoms with Crippen molar-refractivity contribution in [1.82, 2.24) is 24.9 Å². The van der Waals surface area contributed by atoms with Crippen LogP contribution in [0.15, 0.2) is 18.5 Å². The standard InChI is InChI=1S/C11H14N6O3/c1-3-16-7-8(5-12-16)6-15(2)11(18)9-4-10(14-13-9)17(19)20/h4-5,7H,3,6H2,1-2H3,(H,13,14). The molecule has 0 fully saturated rings. The molecule has 0 saturated heterocycles. The van der Waals surface area contributed by atoms with E-state index in [4.69, 9.17) is 0 Å². The molecule has 0 atom stereocenters. The smallest absolute Gasteiger partial charge is 0.343 e. The first-order chi connectivity index (χ1) is 9.51. The highest BCUT2D eigenvalue weighted by Crippen LogP contribution is 2.11. The van der Waals surface area contributed by atoms with Crippen molar-refractivity contribution >= 4 is 11.7 Å². The second kappa shape index (κ2) is 5.51. The molecule has 106 valence electrons. The number of nitro groups is 1. The van der Waals surface area contributed by atoms with Gasteiger partial charge in [-0.05, 0) is 11.8 Å². The summed E-state index contributed by atoms with van der Waals surface area (Å²) in [5.41, 5.74) is 0.898. The number of aromatic nitrogens is 4. The fourth-order valence-electron chi connectivity index (χ4n) is 1.72. The number of amides is 1. The Bertz CT molecular complexity index is 632. The molecule has 0 spiro atoms. The Morgan fingerprint density at radius 1 is 1.60 bits per heavy atom. The topological polar surface area (TPSA) is 110 Å². The van der Waals surface area contributed by atoms with Crippen LogP contribution in [0.1, 0.15) is 23.0 Å². The van der Waals surface area contributed by atoms with Gasteiger partial charge in [0.2, 0.25) is 0 Å². The number of nitrogens with zero attached hydrogens (tertiary/aromatic N) is 5. The van der Waals surface area contributed by atoms with E-state index in [2.05, 4.69) is 15.3 Å². The maximum absolute atomic E-state index is 12.1. The summed E-state index contributed by atoms with van der Waals surface area (Å²) in [6.07, 6.45) is 3.52. The first-order valence-corrected chi connectivity index (χ1v) is 5.98. The maximum Gasteiger partial charge on any atom is 0.343 e. The third kappa shape index (κ3) is 2.82. The summed E-state index contributed by atoms with van der Waals surface area (Å²) >= 11 is 0. The van der Waals surface area contributed by atoms with Crippen LogP contribution >= 0.6 is 0 Å². The Kier molecular flexibility index (Phi) is 3.78. The molecule has 2 aromatic rings. The van der Waals surface area contributed by atoms with Crippen molar-refractivity contribution in [2.75, 3.05) is 7.05 Å². The Morgan fingerprint density at radius 3 is 2.90 bits per heavy atom. The molecule has 2 aromatic heterocycles. The summed E-state index contributed by atoms with van der Waals surface area (Å²) in [7, 11) is 1.60. The molecule has 0 bridgehead atoms. The van der Waals surface area contributed by atoms with Crippen molar-refractivity contribution in [3.8, 4) is 0 Å². The summed E-state index contributed by atoms with van der Waals surface area (Å²) in [5.74, 6) is -0.695. The molecular formula is C11H14N6O3. The molecule has 1 amide bonds. The molecular weight excluding hydrogens is 264 g/mol. The molecule has 1 N–H and O–H groups in total. The van der Waals surface area contributed by atoms with Gasteiger partial charge in [0.1, 0.15) is 0 Å². The molecule has 9 nitrogen and oxygen atoms in total. The highest BCUT2D eigenvalue weighted by atomic mass is 16.6. The van der Waals surface area contributed by atoms with Crippen molar-refractivity contribution in [1.29, 1.82) is 0 Å². The van der Waals surface area contributed by atoms with E-state index in [1.807, 2.05) is 13.1 Å². The molecule has 0 aliphatic heterocycles. The first-order valence-electron chi connectivity index (χ1n) is 5.98. The van der Waals surface area contributed by atoms with Crippen molar-refractivity contribution in [3.63, 3.8) is 0 Å². The number of hydrogen-bond acceptors (Lipinski definition) is 5. The van der Waals surface area contributed by atoms with E-state index in [1.54, 1.807) is 17.9 Å². The number of carbonyl (C=O) groups excluding carboxylic acids is 1. The molecule has 0 aromatic carbocycles. The van der Waals surface area contributed by atoms with Gasteiger partial charge in [-0.15, -0.1) is 5.10 Å². The van der Waals surface area contributed by atoms with Crippen LogP contribution in [0.5, 0.6) is 0 Å². The second-order valence-electron chi connectivity index (χ2n) is 4.26. The lowest BCUT2D eigenvalue weighted by molar-refractivity contribution is -0.389. The van der Waals surface area contributed by atoms with Crippen LogP contribution in [-0.4, -0.2) is 42.8 Å². The van der Waals surface area contributed by atoms with Gasteiger partial charge in [-0.1, -0.05) is 5.10 Å². The van der Waals surface area contributed by atoms with Gasteiger partial charge in [0.25, 0.3) is 5.91 Å². The van der Waals surface area contributed by atoms with Crippen molar-refractivity contribution in [2.45, 2.75) is 20.0 Å². The molecule has 0 saturated carbocycles. The zero-order valence-electron chi connectivity index (χ0n) is 11.1. The first kappa shape index (κ1) is 13.7. The average Bonchev–Trinajstić information content (AvgIpc) is 3.06. The Balaban J connectivity index is 2.05. The quantitative estimate of drug-likeness (QED) is 0.642. The van der Waals surface area contributed by atoms with Crippen molar-refractivity contribution < 1.29 is 9.72 Å². The minimum Gasteiger partial charge on any atom is -0.358 e. The van der Waals surface area contributed by atoms with Crippen molar-refractivity contribution in [2.24, 2.45) is 0 Å². The second-order valence-corrected chi connectivity index (χ2v) is 4.26. The average molecular weight is 278 g/mol. The zero-order valence-corrected chi connectivity index (χ0v) is 11.1. The monoisotopic (exact) mass is 278 g/mol. The Hall–Kier alpha value is -2.71. The van der Waals surface area contributed by atoms with Crippen LogP contribution in [0.2, 0.25) is 0 Å². The highest BCUT2D eigenvalue weighted by molar-refractivity contribution is 5.92. The van der Waals surface area contributed by atoms with Crippen LogP contribution in [0.3, 0.4) is 0 Å². The molecule has 20 heavy (non-hydrogen) atoms. The third-order valence-corrected chi connectivity index (χ3v) is 2.76. The minimum absolute atomic E-state index is 0.0158. The number of hydrogen-bond donors (Lipinski definition) is 1. The normalized spacial score (nSPS) is 10.5. The van der Waals surface area contributed by atoms with Crippen LogP contribution in [0, 0.1) is 10.1 Å². The Morgan fingerprint density at radius 2 is 2.35 bits per heavy atom. The third-order valence-electron chi connectivity index (χ3n) is 2.76. The van der Waals surface area contributed by atoms with E-state index < -0.39 is 10.8 Å². The maximum atomic E-state index is 12.1. The van der Waals surface area contributed by atoms with Gasteiger partial charge in [-0.3, -0.25) is 9.48 Å². The largest absolute Gasteiger partial charge is 0.358 e. The Labute approximate surface area is 114 Å². The van der Waals surface area contributed by atoms with Crippen LogP contribution in [0.25, 0.3) is 0 Å². The van der Waals surface area contributed by atoms with E-state index in [9.17, 15) is 14.9 Å². The summed E-state index contributed by atoms with van der Waals surface area (Å²) < 4.78 is 1.76. The predicted octanol–water partition coefficient (Wildman–Crippen LogP) is 0.806. The number of aromatic amines is 1. The number of carbonyl (C=O) groups is 1. The fraction of sp³-hybridized carbons (Fsp3) is 0.364. The predicted molar refractivity (Wildman–Crippen MR) is 68.9 cm³/mol. The highest BCUT2D eigenvalue weighted by Gasteiger charge is 2.20. The molecule has 0 aliphatic rings. The number of nitrogens with one attached hydrogen (secondary N) is 1. The van der Waals surface area contributed by atoms with Crippen LogP contribution in [-0.2, 0) is 13.1 Å². The summed E-state index contributed by atoms with van der Waals surface area (Å²) in [6.45, 7) is 3.08. The molecule has 9 heteroatoms. The minimum atomic E-state index is -0.630. The van der Waals surface area contributed by atoms with E-state index in [1.165, 1.54) is 4.90 Å². The zero-order chi connectivity index (χ0) is 14.7. The summed E-state index contributed by atoms with van der Waals surface area (Å²) in [5, 5.41) is 20.5. The van der Waals surface area contributed by atoms with Gasteiger partial charge in [-0.2, -0.15) is 5.10 Å². The van der Waals surface area contributed by atoms with Gasteiger partial charge in [0.15, 0.2) is 5.69 Å². The van der Waals surface area contributed by atoms with Crippen molar-refractivity contribution in [3.05, 3.63) is 39.8 Å². The summed E-state index contributed by atoms with van der Waals surface area (Å²) in [4.78, 5) is 23.4.